The molecule has 0 saturated heterocycles. The van der Waals surface area contributed by atoms with E-state index in [9.17, 15) is 5.11 Å². The fourth-order valence-electron chi connectivity index (χ4n) is 3.35. The van der Waals surface area contributed by atoms with Gasteiger partial charge in [-0.1, -0.05) is 12.1 Å². The summed E-state index contributed by atoms with van der Waals surface area (Å²) in [5.41, 5.74) is 3.65. The highest BCUT2D eigenvalue weighted by Crippen LogP contribution is 2.33. The standard InChI is InChI=1S/C21H27NO4/c1-15-5-4-6-19(9-15)26-14-18(23)13-22-8-7-16-10-20(24-2)21(25-3)11-17(16)12-22/h4-6,9-11,18,23H,7-8,12-14H2,1-3H3/t18-/m1/s1. The molecule has 140 valence electrons. The molecule has 0 bridgehead atoms. The Morgan fingerprint density at radius 2 is 1.81 bits per heavy atom. The van der Waals surface area contributed by atoms with Crippen molar-refractivity contribution in [1.29, 1.82) is 0 Å². The molecule has 2 aromatic carbocycles. The Bertz CT molecular complexity index is 747. The number of benzene rings is 2. The van der Waals surface area contributed by atoms with Gasteiger partial charge in [0.05, 0.1) is 14.2 Å². The van der Waals surface area contributed by atoms with Gasteiger partial charge >= 0.3 is 0 Å². The van der Waals surface area contributed by atoms with Crippen LogP contribution in [0.1, 0.15) is 16.7 Å². The highest BCUT2D eigenvalue weighted by atomic mass is 16.5. The Morgan fingerprint density at radius 1 is 1.08 bits per heavy atom. The maximum absolute atomic E-state index is 10.4. The van der Waals surface area contributed by atoms with E-state index in [2.05, 4.69) is 11.0 Å². The van der Waals surface area contributed by atoms with Crippen LogP contribution in [0.2, 0.25) is 0 Å². The molecular formula is C21H27NO4. The monoisotopic (exact) mass is 357 g/mol. The normalized spacial score (nSPS) is 15.2. The predicted molar refractivity (Wildman–Crippen MR) is 101 cm³/mol. The summed E-state index contributed by atoms with van der Waals surface area (Å²) in [6, 6.07) is 12.0. The third-order valence-electron chi connectivity index (χ3n) is 4.70. The fraction of sp³-hybridized carbons (Fsp3) is 0.429. The molecule has 5 heteroatoms. The number of hydrogen-bond donors (Lipinski definition) is 1. The van der Waals surface area contributed by atoms with Crippen LogP contribution in [0.25, 0.3) is 0 Å². The number of hydrogen-bond acceptors (Lipinski definition) is 5. The number of aliphatic hydroxyl groups is 1. The number of methoxy groups -OCH3 is 2. The number of aliphatic hydroxyl groups excluding tert-OH is 1. The van der Waals surface area contributed by atoms with E-state index < -0.39 is 6.10 Å². The molecule has 1 aliphatic rings. The van der Waals surface area contributed by atoms with Crippen LogP contribution in [0.3, 0.4) is 0 Å². The van der Waals surface area contributed by atoms with Crippen LogP contribution in [0, 0.1) is 6.92 Å². The summed E-state index contributed by atoms with van der Waals surface area (Å²) in [7, 11) is 3.31. The number of fused-ring (bicyclic) bond motifs is 1. The lowest BCUT2D eigenvalue weighted by Gasteiger charge is -2.31. The van der Waals surface area contributed by atoms with Gasteiger partial charge in [0.15, 0.2) is 11.5 Å². The highest BCUT2D eigenvalue weighted by molar-refractivity contribution is 5.48. The van der Waals surface area contributed by atoms with Crippen LogP contribution in [-0.2, 0) is 13.0 Å². The third kappa shape index (κ3) is 4.48. The smallest absolute Gasteiger partial charge is 0.161 e. The van der Waals surface area contributed by atoms with Gasteiger partial charge in [-0.15, -0.1) is 0 Å². The van der Waals surface area contributed by atoms with Gasteiger partial charge in [0, 0.05) is 19.6 Å². The second-order valence-electron chi connectivity index (χ2n) is 6.74. The molecule has 1 aliphatic heterocycles. The molecule has 0 spiro atoms. The topological polar surface area (TPSA) is 51.2 Å². The maximum atomic E-state index is 10.4. The van der Waals surface area contributed by atoms with Crippen molar-refractivity contribution >= 4 is 0 Å². The summed E-state index contributed by atoms with van der Waals surface area (Å²) < 4.78 is 16.5. The zero-order valence-corrected chi connectivity index (χ0v) is 15.7. The van der Waals surface area contributed by atoms with Crippen LogP contribution in [-0.4, -0.2) is 50.0 Å². The van der Waals surface area contributed by atoms with E-state index in [4.69, 9.17) is 14.2 Å². The lowest BCUT2D eigenvalue weighted by molar-refractivity contribution is 0.0637. The van der Waals surface area contributed by atoms with Crippen LogP contribution in [0.4, 0.5) is 0 Å². The molecule has 0 fully saturated rings. The minimum Gasteiger partial charge on any atom is -0.493 e. The molecule has 1 N–H and O–H groups in total. The number of ether oxygens (including phenoxy) is 3. The van der Waals surface area contributed by atoms with E-state index >= 15 is 0 Å². The van der Waals surface area contributed by atoms with Crippen molar-refractivity contribution in [1.82, 2.24) is 4.90 Å². The second kappa shape index (κ2) is 8.43. The quantitative estimate of drug-likeness (QED) is 0.826. The highest BCUT2D eigenvalue weighted by Gasteiger charge is 2.21. The van der Waals surface area contributed by atoms with Crippen molar-refractivity contribution in [3.8, 4) is 17.2 Å². The number of nitrogens with zero attached hydrogens (tertiary/aromatic N) is 1. The van der Waals surface area contributed by atoms with Gasteiger partial charge in [-0.3, -0.25) is 4.90 Å². The predicted octanol–water partition coefficient (Wildman–Crippen LogP) is 2.81. The lowest BCUT2D eigenvalue weighted by atomic mass is 9.98. The van der Waals surface area contributed by atoms with Crippen molar-refractivity contribution in [3.05, 3.63) is 53.1 Å². The van der Waals surface area contributed by atoms with Crippen LogP contribution < -0.4 is 14.2 Å². The Kier molecular flexibility index (Phi) is 6.01. The molecule has 0 unspecified atom stereocenters. The largest absolute Gasteiger partial charge is 0.493 e. The van der Waals surface area contributed by atoms with Gasteiger partial charge in [0.25, 0.3) is 0 Å². The van der Waals surface area contributed by atoms with Gasteiger partial charge in [-0.25, -0.2) is 0 Å². The summed E-state index contributed by atoms with van der Waals surface area (Å²) in [5, 5.41) is 10.4. The summed E-state index contributed by atoms with van der Waals surface area (Å²) in [4.78, 5) is 2.25. The zero-order chi connectivity index (χ0) is 18.5. The average molecular weight is 357 g/mol. The SMILES string of the molecule is COc1cc2c(cc1OC)CN(C[C@@H](O)COc1cccc(C)c1)CC2. The van der Waals surface area contributed by atoms with E-state index in [1.165, 1.54) is 11.1 Å². The van der Waals surface area contributed by atoms with Gasteiger partial charge in [-0.05, 0) is 54.3 Å². The summed E-state index contributed by atoms with van der Waals surface area (Å²) >= 11 is 0. The van der Waals surface area contributed by atoms with E-state index in [1.807, 2.05) is 37.3 Å². The van der Waals surface area contributed by atoms with Crippen molar-refractivity contribution < 1.29 is 19.3 Å². The summed E-state index contributed by atoms with van der Waals surface area (Å²) in [6.45, 7) is 4.59. The Morgan fingerprint density at radius 3 is 2.50 bits per heavy atom. The molecule has 0 aliphatic carbocycles. The lowest BCUT2D eigenvalue weighted by Crippen LogP contribution is -2.38. The van der Waals surface area contributed by atoms with E-state index in [0.29, 0.717) is 13.2 Å². The molecule has 2 aromatic rings. The van der Waals surface area contributed by atoms with Gasteiger partial charge in [-0.2, -0.15) is 0 Å². The molecular weight excluding hydrogens is 330 g/mol. The first kappa shape index (κ1) is 18.5. The number of aryl methyl sites for hydroxylation is 1. The van der Waals surface area contributed by atoms with Gasteiger partial charge in [0.1, 0.15) is 18.5 Å². The van der Waals surface area contributed by atoms with Gasteiger partial charge < -0.3 is 19.3 Å². The number of β-amino-alcohol motifs (C(OH)–C–C–N with tert-alkyl or cyclic N) is 1. The first-order valence-corrected chi connectivity index (χ1v) is 8.92. The van der Waals surface area contributed by atoms with E-state index in [-0.39, 0.29) is 0 Å². The first-order chi connectivity index (χ1) is 12.6. The van der Waals surface area contributed by atoms with Crippen molar-refractivity contribution in [2.45, 2.75) is 26.0 Å². The summed E-state index contributed by atoms with van der Waals surface area (Å²) in [5.74, 6) is 2.31. The minimum atomic E-state index is -0.530. The van der Waals surface area contributed by atoms with Crippen LogP contribution in [0.15, 0.2) is 36.4 Å². The van der Waals surface area contributed by atoms with Gasteiger partial charge in [0.2, 0.25) is 0 Å². The van der Waals surface area contributed by atoms with Crippen molar-refractivity contribution in [3.63, 3.8) is 0 Å². The average Bonchev–Trinajstić information content (AvgIpc) is 2.65. The maximum Gasteiger partial charge on any atom is 0.161 e. The molecule has 3 rings (SSSR count). The Hall–Kier alpha value is -2.24. The fourth-order valence-corrected chi connectivity index (χ4v) is 3.35. The van der Waals surface area contributed by atoms with E-state index in [0.717, 1.165) is 42.3 Å². The molecule has 1 heterocycles. The second-order valence-corrected chi connectivity index (χ2v) is 6.74. The molecule has 0 aromatic heterocycles. The van der Waals surface area contributed by atoms with Crippen LogP contribution in [0.5, 0.6) is 17.2 Å². The zero-order valence-electron chi connectivity index (χ0n) is 15.7. The van der Waals surface area contributed by atoms with Crippen molar-refractivity contribution in [2.75, 3.05) is 33.9 Å². The molecule has 0 saturated carbocycles. The Labute approximate surface area is 155 Å². The summed E-state index contributed by atoms with van der Waals surface area (Å²) in [6.07, 6.45) is 0.401. The molecule has 26 heavy (non-hydrogen) atoms. The molecule has 0 amide bonds. The van der Waals surface area contributed by atoms with Crippen molar-refractivity contribution in [2.24, 2.45) is 0 Å². The molecule has 1 atom stereocenters. The van der Waals surface area contributed by atoms with Crippen LogP contribution >= 0.6 is 0 Å². The number of rotatable bonds is 7. The molecule has 5 nitrogen and oxygen atoms in total. The first-order valence-electron chi connectivity index (χ1n) is 8.92. The minimum absolute atomic E-state index is 0.290. The molecule has 0 radical (unpaired) electrons. The van der Waals surface area contributed by atoms with E-state index in [1.54, 1.807) is 14.2 Å². The third-order valence-corrected chi connectivity index (χ3v) is 4.70. The Balaban J connectivity index is 1.56.